The van der Waals surface area contributed by atoms with Crippen LogP contribution in [0.25, 0.3) is 0 Å². The van der Waals surface area contributed by atoms with Gasteiger partial charge < -0.3 is 14.9 Å². The maximum Gasteiger partial charge on any atom is 0.307 e. The standard InChI is InChI=1S/C15H28N2O4/c1-12(6-4-5-7-14(18)19)15(20)13(2)16(3)17-8-10-21-11-9-17/h4-5,12-13,15,20H,6-11H2,1-3H3,(H,18,19)/b5-4+/t12-,13+,15-/m1/s1. The van der Waals surface area contributed by atoms with E-state index in [2.05, 4.69) is 10.0 Å². The Labute approximate surface area is 127 Å². The normalized spacial score (nSPS) is 21.6. The van der Waals surface area contributed by atoms with Crippen molar-refractivity contribution < 1.29 is 19.7 Å². The van der Waals surface area contributed by atoms with Gasteiger partial charge in [-0.15, -0.1) is 0 Å². The number of allylic oxidation sites excluding steroid dienone is 1. The molecule has 1 saturated heterocycles. The summed E-state index contributed by atoms with van der Waals surface area (Å²) in [6, 6.07) is 0.00553. The van der Waals surface area contributed by atoms with Crippen molar-refractivity contribution in [2.24, 2.45) is 5.92 Å². The average Bonchev–Trinajstić information content (AvgIpc) is 2.49. The molecule has 1 aliphatic heterocycles. The minimum atomic E-state index is -0.833. The van der Waals surface area contributed by atoms with E-state index in [4.69, 9.17) is 9.84 Å². The van der Waals surface area contributed by atoms with E-state index >= 15 is 0 Å². The second-order valence-electron chi connectivity index (χ2n) is 5.65. The third kappa shape index (κ3) is 6.13. The fraction of sp³-hybridized carbons (Fsp3) is 0.800. The Kier molecular flexibility index (Phi) is 7.88. The van der Waals surface area contributed by atoms with Gasteiger partial charge in [0, 0.05) is 26.2 Å². The van der Waals surface area contributed by atoms with Crippen LogP contribution in [0.4, 0.5) is 0 Å². The molecule has 0 aliphatic carbocycles. The van der Waals surface area contributed by atoms with Gasteiger partial charge in [0.05, 0.1) is 25.7 Å². The molecule has 1 heterocycles. The first-order valence-corrected chi connectivity index (χ1v) is 7.53. The summed E-state index contributed by atoms with van der Waals surface area (Å²) in [5.74, 6) is -0.756. The van der Waals surface area contributed by atoms with Gasteiger partial charge in [-0.1, -0.05) is 19.1 Å². The van der Waals surface area contributed by atoms with Crippen LogP contribution in [0, 0.1) is 5.92 Å². The van der Waals surface area contributed by atoms with E-state index < -0.39 is 12.1 Å². The molecule has 3 atom stereocenters. The molecule has 1 rings (SSSR count). The lowest BCUT2D eigenvalue weighted by atomic mass is 9.95. The van der Waals surface area contributed by atoms with Crippen molar-refractivity contribution in [1.29, 1.82) is 0 Å². The van der Waals surface area contributed by atoms with E-state index in [9.17, 15) is 9.90 Å². The van der Waals surface area contributed by atoms with Gasteiger partial charge in [-0.05, 0) is 19.3 Å². The van der Waals surface area contributed by atoms with Gasteiger partial charge in [0.1, 0.15) is 0 Å². The molecule has 0 radical (unpaired) electrons. The number of rotatable bonds is 8. The van der Waals surface area contributed by atoms with Crippen LogP contribution in [0.1, 0.15) is 26.7 Å². The lowest BCUT2D eigenvalue weighted by Crippen LogP contribution is -2.54. The molecule has 2 N–H and O–H groups in total. The molecule has 1 aliphatic rings. The first-order valence-electron chi connectivity index (χ1n) is 7.53. The lowest BCUT2D eigenvalue weighted by molar-refractivity contribution is -0.136. The van der Waals surface area contributed by atoms with Gasteiger partial charge in [-0.25, -0.2) is 10.0 Å². The highest BCUT2D eigenvalue weighted by Crippen LogP contribution is 2.17. The Hall–Kier alpha value is -0.950. The summed E-state index contributed by atoms with van der Waals surface area (Å²) >= 11 is 0. The summed E-state index contributed by atoms with van der Waals surface area (Å²) in [4.78, 5) is 10.4. The minimum absolute atomic E-state index is 0.00553. The van der Waals surface area contributed by atoms with Gasteiger partial charge in [0.2, 0.25) is 0 Å². The van der Waals surface area contributed by atoms with E-state index in [0.717, 1.165) is 26.3 Å². The zero-order valence-corrected chi connectivity index (χ0v) is 13.2. The summed E-state index contributed by atoms with van der Waals surface area (Å²) in [5.41, 5.74) is 0. The number of nitrogens with zero attached hydrogens (tertiary/aromatic N) is 2. The minimum Gasteiger partial charge on any atom is -0.481 e. The summed E-state index contributed by atoms with van der Waals surface area (Å²) in [6.45, 7) is 7.14. The van der Waals surface area contributed by atoms with Gasteiger partial charge in [-0.3, -0.25) is 4.79 Å². The Morgan fingerprint density at radius 3 is 2.52 bits per heavy atom. The van der Waals surface area contributed by atoms with Gasteiger partial charge in [-0.2, -0.15) is 0 Å². The summed E-state index contributed by atoms with van der Waals surface area (Å²) < 4.78 is 5.33. The Balaban J connectivity index is 2.42. The molecule has 0 aromatic heterocycles. The topological polar surface area (TPSA) is 73.2 Å². The molecule has 21 heavy (non-hydrogen) atoms. The molecule has 0 amide bonds. The average molecular weight is 300 g/mol. The third-order valence-corrected chi connectivity index (χ3v) is 4.07. The Bertz CT molecular complexity index is 343. The van der Waals surface area contributed by atoms with Crippen molar-refractivity contribution in [2.75, 3.05) is 33.4 Å². The predicted octanol–water partition coefficient (Wildman–Crippen LogP) is 0.972. The number of aliphatic hydroxyl groups excluding tert-OH is 1. The molecule has 0 spiro atoms. The number of ether oxygens (including phenoxy) is 1. The van der Waals surface area contributed by atoms with Crippen molar-refractivity contribution in [1.82, 2.24) is 10.0 Å². The van der Waals surface area contributed by atoms with Crippen LogP contribution >= 0.6 is 0 Å². The molecule has 0 aromatic carbocycles. The fourth-order valence-corrected chi connectivity index (χ4v) is 2.46. The second kappa shape index (κ2) is 9.15. The molecule has 0 unspecified atom stereocenters. The number of aliphatic carboxylic acids is 1. The van der Waals surface area contributed by atoms with Crippen molar-refractivity contribution in [2.45, 2.75) is 38.8 Å². The number of morpholine rings is 1. The van der Waals surface area contributed by atoms with Crippen molar-refractivity contribution in [3.8, 4) is 0 Å². The van der Waals surface area contributed by atoms with Crippen LogP contribution in [0.3, 0.4) is 0 Å². The maximum absolute atomic E-state index is 10.4. The van der Waals surface area contributed by atoms with Gasteiger partial charge >= 0.3 is 5.97 Å². The predicted molar refractivity (Wildman–Crippen MR) is 80.8 cm³/mol. The van der Waals surface area contributed by atoms with Crippen molar-refractivity contribution in [3.05, 3.63) is 12.2 Å². The van der Waals surface area contributed by atoms with E-state index in [1.165, 1.54) is 0 Å². The summed E-state index contributed by atoms with van der Waals surface area (Å²) in [5, 5.41) is 23.3. The van der Waals surface area contributed by atoms with Gasteiger partial charge in [0.15, 0.2) is 0 Å². The zero-order valence-electron chi connectivity index (χ0n) is 13.2. The molecule has 0 aromatic rings. The largest absolute Gasteiger partial charge is 0.481 e. The van der Waals surface area contributed by atoms with Crippen LogP contribution < -0.4 is 0 Å². The molecule has 6 nitrogen and oxygen atoms in total. The highest BCUT2D eigenvalue weighted by Gasteiger charge is 2.27. The first-order chi connectivity index (χ1) is 9.93. The van der Waals surface area contributed by atoms with E-state index in [-0.39, 0.29) is 18.4 Å². The number of hydrogen-bond donors (Lipinski definition) is 2. The van der Waals surface area contributed by atoms with Gasteiger partial charge in [0.25, 0.3) is 0 Å². The van der Waals surface area contributed by atoms with E-state index in [0.29, 0.717) is 6.42 Å². The number of carbonyl (C=O) groups is 1. The number of likely N-dealkylation sites (N-methyl/N-ethyl adjacent to an activating group) is 1. The van der Waals surface area contributed by atoms with Crippen LogP contribution in [0.5, 0.6) is 0 Å². The molecular weight excluding hydrogens is 272 g/mol. The van der Waals surface area contributed by atoms with Crippen LogP contribution in [-0.2, 0) is 9.53 Å². The number of carboxylic acids is 1. The summed E-state index contributed by atoms with van der Waals surface area (Å²) in [6.07, 6.45) is 3.72. The zero-order chi connectivity index (χ0) is 15.8. The van der Waals surface area contributed by atoms with E-state index in [1.54, 1.807) is 6.08 Å². The van der Waals surface area contributed by atoms with Crippen LogP contribution in [0.15, 0.2) is 12.2 Å². The number of hydrogen-bond acceptors (Lipinski definition) is 5. The number of carboxylic acid groups (broad SMARTS) is 1. The Morgan fingerprint density at radius 1 is 1.33 bits per heavy atom. The molecule has 122 valence electrons. The lowest BCUT2D eigenvalue weighted by Gasteiger charge is -2.41. The van der Waals surface area contributed by atoms with Crippen molar-refractivity contribution in [3.63, 3.8) is 0 Å². The molecule has 6 heteroatoms. The quantitative estimate of drug-likeness (QED) is 0.651. The van der Waals surface area contributed by atoms with Crippen molar-refractivity contribution >= 4 is 5.97 Å². The Morgan fingerprint density at radius 2 is 1.95 bits per heavy atom. The highest BCUT2D eigenvalue weighted by atomic mass is 16.5. The molecule has 0 bridgehead atoms. The smallest absolute Gasteiger partial charge is 0.307 e. The maximum atomic E-state index is 10.4. The highest BCUT2D eigenvalue weighted by molar-refractivity contribution is 5.68. The van der Waals surface area contributed by atoms with Crippen LogP contribution in [-0.4, -0.2) is 71.7 Å². The number of hydrazine groups is 1. The second-order valence-corrected chi connectivity index (χ2v) is 5.65. The molecular formula is C15H28N2O4. The fourth-order valence-electron chi connectivity index (χ4n) is 2.46. The molecule has 0 saturated carbocycles. The molecule has 1 fully saturated rings. The third-order valence-electron chi connectivity index (χ3n) is 4.07. The van der Waals surface area contributed by atoms with Crippen LogP contribution in [0.2, 0.25) is 0 Å². The number of aliphatic hydroxyl groups is 1. The first kappa shape index (κ1) is 18.1. The summed E-state index contributed by atoms with van der Waals surface area (Å²) in [7, 11) is 1.99. The SMILES string of the molecule is C[C@H](C/C=C/CC(=O)O)[C@@H](O)[C@H](C)N(C)N1CCOCC1. The monoisotopic (exact) mass is 300 g/mol. The van der Waals surface area contributed by atoms with E-state index in [1.807, 2.05) is 27.0 Å².